The number of hydrogen-bond acceptors (Lipinski definition) is 3. The van der Waals surface area contributed by atoms with Crippen molar-refractivity contribution in [1.82, 2.24) is 0 Å². The molecule has 1 aromatic rings. The highest BCUT2D eigenvalue weighted by atomic mass is 32.3. The lowest BCUT2D eigenvalue weighted by atomic mass is 10.1. The van der Waals surface area contributed by atoms with Gasteiger partial charge in [0.1, 0.15) is 10.9 Å². The van der Waals surface area contributed by atoms with Crippen LogP contribution in [0.5, 0.6) is 0 Å². The minimum Gasteiger partial charge on any atom is -0.304 e. The third kappa shape index (κ3) is 1.98. The molecule has 0 aliphatic heterocycles. The van der Waals surface area contributed by atoms with Gasteiger partial charge in [0.15, 0.2) is 0 Å². The standard InChI is InChI=1S/C8H12O3S/c1-6-3-4-8(5-7(6)2)12(9,10)11/h3-5,9-11H,1-2H3. The van der Waals surface area contributed by atoms with Crippen molar-refractivity contribution in [3.63, 3.8) is 0 Å². The van der Waals surface area contributed by atoms with Crippen molar-refractivity contribution in [3.05, 3.63) is 29.3 Å². The molecule has 3 nitrogen and oxygen atoms in total. The van der Waals surface area contributed by atoms with E-state index in [4.69, 9.17) is 13.7 Å². The van der Waals surface area contributed by atoms with Gasteiger partial charge in [0, 0.05) is 0 Å². The highest BCUT2D eigenvalue weighted by Gasteiger charge is 2.15. The van der Waals surface area contributed by atoms with Crippen LogP contribution in [-0.4, -0.2) is 13.7 Å². The lowest BCUT2D eigenvalue weighted by molar-refractivity contribution is 0.376. The fraction of sp³-hybridized carbons (Fsp3) is 0.250. The second-order valence-electron chi connectivity index (χ2n) is 2.76. The van der Waals surface area contributed by atoms with Crippen molar-refractivity contribution in [2.45, 2.75) is 18.7 Å². The first-order valence-corrected chi connectivity index (χ1v) is 4.99. The van der Waals surface area contributed by atoms with E-state index in [1.165, 1.54) is 6.07 Å². The van der Waals surface area contributed by atoms with Gasteiger partial charge in [-0.25, -0.2) is 0 Å². The van der Waals surface area contributed by atoms with E-state index in [9.17, 15) is 0 Å². The molecule has 0 heterocycles. The smallest absolute Gasteiger partial charge is 0.112 e. The fourth-order valence-corrected chi connectivity index (χ4v) is 1.47. The molecule has 0 aliphatic rings. The van der Waals surface area contributed by atoms with Gasteiger partial charge in [0.25, 0.3) is 0 Å². The molecular formula is C8H12O3S. The Hall–Kier alpha value is -0.550. The Morgan fingerprint density at radius 1 is 1.00 bits per heavy atom. The lowest BCUT2D eigenvalue weighted by Gasteiger charge is -2.19. The zero-order valence-corrected chi connectivity index (χ0v) is 7.80. The van der Waals surface area contributed by atoms with Gasteiger partial charge in [-0.15, -0.1) is 0 Å². The molecule has 0 aromatic heterocycles. The van der Waals surface area contributed by atoms with Crippen LogP contribution < -0.4 is 0 Å². The molecule has 0 saturated heterocycles. The summed E-state index contributed by atoms with van der Waals surface area (Å²) in [4.78, 5) is 0.172. The van der Waals surface area contributed by atoms with Gasteiger partial charge in [-0.05, 0) is 37.1 Å². The van der Waals surface area contributed by atoms with Crippen LogP contribution in [0.1, 0.15) is 11.1 Å². The van der Waals surface area contributed by atoms with Gasteiger partial charge < -0.3 is 13.7 Å². The molecule has 4 heteroatoms. The van der Waals surface area contributed by atoms with Crippen LogP contribution in [0, 0.1) is 13.8 Å². The minimum atomic E-state index is -3.54. The Labute approximate surface area is 73.2 Å². The molecule has 3 N–H and O–H groups in total. The van der Waals surface area contributed by atoms with Gasteiger partial charge in [-0.2, -0.15) is 0 Å². The highest BCUT2D eigenvalue weighted by molar-refractivity contribution is 8.19. The zero-order valence-electron chi connectivity index (χ0n) is 6.98. The molecule has 0 unspecified atom stereocenters. The maximum atomic E-state index is 8.90. The molecule has 0 atom stereocenters. The molecule has 0 radical (unpaired) electrons. The summed E-state index contributed by atoms with van der Waals surface area (Å²) >= 11 is 0. The predicted octanol–water partition coefficient (Wildman–Crippen LogP) is 2.89. The van der Waals surface area contributed by atoms with Crippen LogP contribution in [0.15, 0.2) is 23.1 Å². The van der Waals surface area contributed by atoms with Crippen LogP contribution >= 0.6 is 10.9 Å². The van der Waals surface area contributed by atoms with E-state index in [-0.39, 0.29) is 4.90 Å². The minimum absolute atomic E-state index is 0.172. The second-order valence-corrected chi connectivity index (χ2v) is 4.27. The molecule has 0 saturated carbocycles. The Morgan fingerprint density at radius 3 is 2.00 bits per heavy atom. The van der Waals surface area contributed by atoms with Gasteiger partial charge in [-0.1, -0.05) is 6.07 Å². The number of aryl methyl sites for hydroxylation is 2. The summed E-state index contributed by atoms with van der Waals surface area (Å²) in [7, 11) is -3.54. The number of hydrogen-bond donors (Lipinski definition) is 3. The first-order valence-electron chi connectivity index (χ1n) is 3.49. The molecule has 0 bridgehead atoms. The first-order chi connectivity index (χ1) is 5.41. The van der Waals surface area contributed by atoms with Crippen LogP contribution in [0.4, 0.5) is 0 Å². The summed E-state index contributed by atoms with van der Waals surface area (Å²) in [6, 6.07) is 4.83. The summed E-state index contributed by atoms with van der Waals surface area (Å²) in [5.74, 6) is 0. The number of rotatable bonds is 1. The van der Waals surface area contributed by atoms with Crippen LogP contribution in [0.25, 0.3) is 0 Å². The highest BCUT2D eigenvalue weighted by Crippen LogP contribution is 2.43. The maximum Gasteiger partial charge on any atom is 0.112 e. The second kappa shape index (κ2) is 3.06. The van der Waals surface area contributed by atoms with Crippen LogP contribution in [0.3, 0.4) is 0 Å². The normalized spacial score (nSPS) is 13.1. The van der Waals surface area contributed by atoms with E-state index in [2.05, 4.69) is 0 Å². The molecule has 0 fully saturated rings. The Morgan fingerprint density at radius 2 is 1.58 bits per heavy atom. The Balaban J connectivity index is 3.14. The van der Waals surface area contributed by atoms with Crippen LogP contribution in [-0.2, 0) is 0 Å². The monoisotopic (exact) mass is 188 g/mol. The molecule has 0 aliphatic carbocycles. The molecule has 68 valence electrons. The molecule has 0 spiro atoms. The van der Waals surface area contributed by atoms with E-state index in [1.807, 2.05) is 13.8 Å². The van der Waals surface area contributed by atoms with Gasteiger partial charge in [0.05, 0.1) is 4.90 Å². The van der Waals surface area contributed by atoms with Crippen molar-refractivity contribution in [1.29, 1.82) is 0 Å². The summed E-state index contributed by atoms with van der Waals surface area (Å²) in [5, 5.41) is 0. The SMILES string of the molecule is Cc1ccc(S(O)(O)O)cc1C. The molecule has 1 aromatic carbocycles. The summed E-state index contributed by atoms with van der Waals surface area (Å²) < 4.78 is 26.7. The van der Waals surface area contributed by atoms with Crippen molar-refractivity contribution in [3.8, 4) is 0 Å². The van der Waals surface area contributed by atoms with Crippen molar-refractivity contribution in [2.75, 3.05) is 0 Å². The van der Waals surface area contributed by atoms with E-state index in [0.717, 1.165) is 11.1 Å². The van der Waals surface area contributed by atoms with Gasteiger partial charge in [0.2, 0.25) is 0 Å². The van der Waals surface area contributed by atoms with E-state index >= 15 is 0 Å². The average Bonchev–Trinajstić information content (AvgIpc) is 1.92. The van der Waals surface area contributed by atoms with Crippen molar-refractivity contribution < 1.29 is 13.7 Å². The Bertz CT molecular complexity index is 291. The third-order valence-corrected chi connectivity index (χ3v) is 2.68. The summed E-state index contributed by atoms with van der Waals surface area (Å²) in [6.45, 7) is 3.77. The van der Waals surface area contributed by atoms with Gasteiger partial charge in [-0.3, -0.25) is 0 Å². The third-order valence-electron chi connectivity index (χ3n) is 1.79. The molecule has 0 amide bonds. The summed E-state index contributed by atoms with van der Waals surface area (Å²) in [6.07, 6.45) is 0. The largest absolute Gasteiger partial charge is 0.304 e. The topological polar surface area (TPSA) is 60.7 Å². The Kier molecular flexibility index (Phi) is 2.44. The van der Waals surface area contributed by atoms with E-state index in [1.54, 1.807) is 12.1 Å². The van der Waals surface area contributed by atoms with Crippen LogP contribution in [0.2, 0.25) is 0 Å². The first kappa shape index (κ1) is 9.54. The molecular weight excluding hydrogens is 176 g/mol. The van der Waals surface area contributed by atoms with E-state index in [0.29, 0.717) is 0 Å². The van der Waals surface area contributed by atoms with E-state index < -0.39 is 10.9 Å². The van der Waals surface area contributed by atoms with Crippen molar-refractivity contribution in [2.24, 2.45) is 0 Å². The van der Waals surface area contributed by atoms with Crippen molar-refractivity contribution >= 4 is 10.9 Å². The fourth-order valence-electron chi connectivity index (χ4n) is 0.884. The summed E-state index contributed by atoms with van der Waals surface area (Å²) in [5.41, 5.74) is 1.99. The molecule has 1 rings (SSSR count). The predicted molar refractivity (Wildman–Crippen MR) is 49.7 cm³/mol. The number of benzene rings is 1. The molecule has 12 heavy (non-hydrogen) atoms. The zero-order chi connectivity index (χ0) is 9.35. The van der Waals surface area contributed by atoms with Gasteiger partial charge >= 0.3 is 0 Å². The maximum absolute atomic E-state index is 8.90. The lowest BCUT2D eigenvalue weighted by Crippen LogP contribution is -1.96. The average molecular weight is 188 g/mol. The quantitative estimate of drug-likeness (QED) is 0.635.